The maximum absolute atomic E-state index is 12.4. The number of benzene rings is 1. The van der Waals surface area contributed by atoms with Crippen molar-refractivity contribution in [2.24, 2.45) is 0 Å². The van der Waals surface area contributed by atoms with E-state index in [0.717, 1.165) is 31.2 Å². The molecule has 1 fully saturated rings. The van der Waals surface area contributed by atoms with Crippen molar-refractivity contribution < 1.29 is 19.5 Å². The predicted molar refractivity (Wildman–Crippen MR) is 117 cm³/mol. The Bertz CT molecular complexity index is 717. The Morgan fingerprint density at radius 3 is 2.83 bits per heavy atom. The van der Waals surface area contributed by atoms with Crippen LogP contribution in [0.15, 0.2) is 54.6 Å². The summed E-state index contributed by atoms with van der Waals surface area (Å²) >= 11 is 0. The van der Waals surface area contributed by atoms with Gasteiger partial charge < -0.3 is 10.0 Å². The van der Waals surface area contributed by atoms with Crippen LogP contribution in [0.2, 0.25) is 0 Å². The molecule has 0 saturated carbocycles. The van der Waals surface area contributed by atoms with Gasteiger partial charge in [-0.3, -0.25) is 14.4 Å². The SMILES string of the molecule is CON(C)C(=O)CCCC=CCN1C(=O)CCC[C@@H]1C=CC(O)Cc1ccccc1. The average molecular weight is 415 g/mol. The molecule has 0 spiro atoms. The summed E-state index contributed by atoms with van der Waals surface area (Å²) in [6, 6.07) is 9.90. The Morgan fingerprint density at radius 2 is 2.10 bits per heavy atom. The molecule has 2 atom stereocenters. The zero-order valence-electron chi connectivity index (χ0n) is 18.1. The van der Waals surface area contributed by atoms with Crippen LogP contribution in [0.1, 0.15) is 44.1 Å². The highest BCUT2D eigenvalue weighted by Crippen LogP contribution is 2.20. The number of hydrogen-bond donors (Lipinski definition) is 1. The highest BCUT2D eigenvalue weighted by atomic mass is 16.7. The third-order valence-electron chi connectivity index (χ3n) is 5.31. The van der Waals surface area contributed by atoms with Gasteiger partial charge in [-0.15, -0.1) is 0 Å². The summed E-state index contributed by atoms with van der Waals surface area (Å²) in [5.74, 6) is 0.103. The fraction of sp³-hybridized carbons (Fsp3) is 0.500. The smallest absolute Gasteiger partial charge is 0.245 e. The minimum Gasteiger partial charge on any atom is -0.389 e. The van der Waals surface area contributed by atoms with Crippen molar-refractivity contribution in [2.45, 2.75) is 57.1 Å². The largest absolute Gasteiger partial charge is 0.389 e. The topological polar surface area (TPSA) is 70.1 Å². The first-order chi connectivity index (χ1) is 14.5. The third kappa shape index (κ3) is 8.13. The summed E-state index contributed by atoms with van der Waals surface area (Å²) in [6.45, 7) is 0.550. The number of aliphatic hydroxyl groups is 1. The van der Waals surface area contributed by atoms with Crippen molar-refractivity contribution in [1.82, 2.24) is 9.96 Å². The molecule has 1 heterocycles. The zero-order chi connectivity index (χ0) is 21.8. The maximum atomic E-state index is 12.4. The van der Waals surface area contributed by atoms with Crippen LogP contribution >= 0.6 is 0 Å². The lowest BCUT2D eigenvalue weighted by atomic mass is 9.99. The quantitative estimate of drug-likeness (QED) is 0.343. The second-order valence-corrected chi connectivity index (χ2v) is 7.59. The number of allylic oxidation sites excluding steroid dienone is 1. The molecular weight excluding hydrogens is 380 g/mol. The molecule has 0 radical (unpaired) electrons. The highest BCUT2D eigenvalue weighted by molar-refractivity contribution is 5.77. The number of aliphatic hydroxyl groups excluding tert-OH is 1. The molecule has 0 aliphatic carbocycles. The zero-order valence-corrected chi connectivity index (χ0v) is 18.1. The molecule has 164 valence electrons. The summed E-state index contributed by atoms with van der Waals surface area (Å²) in [7, 11) is 3.07. The van der Waals surface area contributed by atoms with Gasteiger partial charge in [-0.2, -0.15) is 0 Å². The second kappa shape index (κ2) is 13.0. The summed E-state index contributed by atoms with van der Waals surface area (Å²) in [4.78, 5) is 30.8. The molecule has 6 heteroatoms. The van der Waals surface area contributed by atoms with E-state index < -0.39 is 6.10 Å². The molecule has 0 bridgehead atoms. The van der Waals surface area contributed by atoms with Crippen LogP contribution in [-0.4, -0.2) is 59.7 Å². The molecule has 1 unspecified atom stereocenters. The maximum Gasteiger partial charge on any atom is 0.245 e. The Balaban J connectivity index is 1.80. The van der Waals surface area contributed by atoms with Crippen LogP contribution in [0.4, 0.5) is 0 Å². The Morgan fingerprint density at radius 1 is 1.33 bits per heavy atom. The Labute approximate surface area is 179 Å². The van der Waals surface area contributed by atoms with E-state index in [2.05, 4.69) is 0 Å². The first kappa shape index (κ1) is 23.8. The summed E-state index contributed by atoms with van der Waals surface area (Å²) in [6.07, 6.45) is 12.1. The number of amides is 2. The van der Waals surface area contributed by atoms with E-state index in [0.29, 0.717) is 25.8 Å². The molecule has 1 aromatic rings. The van der Waals surface area contributed by atoms with Gasteiger partial charge >= 0.3 is 0 Å². The molecule has 1 saturated heterocycles. The van der Waals surface area contributed by atoms with Crippen molar-refractivity contribution in [3.05, 3.63) is 60.2 Å². The molecular formula is C24H34N2O4. The van der Waals surface area contributed by atoms with E-state index in [1.165, 1.54) is 12.2 Å². The molecule has 1 aliphatic rings. The third-order valence-corrected chi connectivity index (χ3v) is 5.31. The van der Waals surface area contributed by atoms with E-state index >= 15 is 0 Å². The molecule has 2 amide bonds. The molecule has 1 N–H and O–H groups in total. The first-order valence-corrected chi connectivity index (χ1v) is 10.7. The van der Waals surface area contributed by atoms with Crippen LogP contribution in [0.25, 0.3) is 0 Å². The molecule has 2 rings (SSSR count). The normalized spacial score (nSPS) is 18.3. The molecule has 6 nitrogen and oxygen atoms in total. The van der Waals surface area contributed by atoms with Crippen molar-refractivity contribution in [3.8, 4) is 0 Å². The first-order valence-electron chi connectivity index (χ1n) is 10.7. The fourth-order valence-corrected chi connectivity index (χ4v) is 3.50. The van der Waals surface area contributed by atoms with E-state index in [-0.39, 0.29) is 17.9 Å². The Hall–Kier alpha value is -2.44. The number of likely N-dealkylation sites (tertiary alicyclic amines) is 1. The van der Waals surface area contributed by atoms with Crippen molar-refractivity contribution in [1.29, 1.82) is 0 Å². The molecule has 1 aliphatic heterocycles. The summed E-state index contributed by atoms with van der Waals surface area (Å²) in [5, 5.41) is 11.6. The number of rotatable bonds is 11. The van der Waals surface area contributed by atoms with Gasteiger partial charge in [0.15, 0.2) is 0 Å². The van der Waals surface area contributed by atoms with Gasteiger partial charge in [0.05, 0.1) is 19.3 Å². The molecule has 1 aromatic carbocycles. The van der Waals surface area contributed by atoms with E-state index in [1.54, 1.807) is 7.05 Å². The van der Waals surface area contributed by atoms with Gasteiger partial charge in [-0.25, -0.2) is 5.06 Å². The summed E-state index contributed by atoms with van der Waals surface area (Å²) < 4.78 is 0. The van der Waals surface area contributed by atoms with Crippen LogP contribution < -0.4 is 0 Å². The number of hydrogen-bond acceptors (Lipinski definition) is 4. The predicted octanol–water partition coefficient (Wildman–Crippen LogP) is 3.27. The number of carbonyl (C=O) groups excluding carboxylic acids is 2. The van der Waals surface area contributed by atoms with Crippen LogP contribution in [-0.2, 0) is 20.8 Å². The van der Waals surface area contributed by atoms with Gasteiger partial charge in [0.25, 0.3) is 0 Å². The highest BCUT2D eigenvalue weighted by Gasteiger charge is 2.25. The number of hydroxylamine groups is 2. The standard InChI is InChI=1S/C24H34N2O4/c1-25(30-2)23(28)14-8-3-4-9-18-26-21(13-10-15-24(26)29)16-17-22(27)19-20-11-6-5-7-12-20/h4-7,9,11-12,16-17,21-22,27H,3,8,10,13-15,18-19H2,1-2H3/t21-,22?/m1/s1. The molecule has 0 aromatic heterocycles. The second-order valence-electron chi connectivity index (χ2n) is 7.59. The number of carbonyl (C=O) groups is 2. The minimum atomic E-state index is -0.565. The monoisotopic (exact) mass is 414 g/mol. The summed E-state index contributed by atoms with van der Waals surface area (Å²) in [5.41, 5.74) is 1.09. The van der Waals surface area contributed by atoms with Crippen molar-refractivity contribution in [2.75, 3.05) is 20.7 Å². The van der Waals surface area contributed by atoms with Gasteiger partial charge in [0.1, 0.15) is 0 Å². The van der Waals surface area contributed by atoms with Gasteiger partial charge in [-0.1, -0.05) is 54.6 Å². The van der Waals surface area contributed by atoms with Crippen molar-refractivity contribution >= 4 is 11.8 Å². The average Bonchev–Trinajstić information content (AvgIpc) is 2.75. The van der Waals surface area contributed by atoms with E-state index in [4.69, 9.17) is 4.84 Å². The lowest BCUT2D eigenvalue weighted by Crippen LogP contribution is -2.42. The van der Waals surface area contributed by atoms with Gasteiger partial charge in [0.2, 0.25) is 11.8 Å². The number of piperidine rings is 1. The van der Waals surface area contributed by atoms with Gasteiger partial charge in [-0.05, 0) is 31.2 Å². The van der Waals surface area contributed by atoms with Crippen molar-refractivity contribution in [3.63, 3.8) is 0 Å². The number of unbranched alkanes of at least 4 members (excludes halogenated alkanes) is 1. The van der Waals surface area contributed by atoms with E-state index in [1.807, 2.05) is 59.5 Å². The minimum absolute atomic E-state index is 0.0123. The lowest BCUT2D eigenvalue weighted by Gasteiger charge is -2.33. The Kier molecular flexibility index (Phi) is 10.3. The van der Waals surface area contributed by atoms with Crippen LogP contribution in [0.5, 0.6) is 0 Å². The van der Waals surface area contributed by atoms with Crippen LogP contribution in [0, 0.1) is 0 Å². The van der Waals surface area contributed by atoms with Crippen LogP contribution in [0.3, 0.4) is 0 Å². The van der Waals surface area contributed by atoms with E-state index in [9.17, 15) is 14.7 Å². The fourth-order valence-electron chi connectivity index (χ4n) is 3.50. The molecule has 30 heavy (non-hydrogen) atoms. The lowest BCUT2D eigenvalue weighted by molar-refractivity contribution is -0.168. The van der Waals surface area contributed by atoms with Gasteiger partial charge in [0, 0.05) is 32.9 Å². The number of nitrogens with zero attached hydrogens (tertiary/aromatic N) is 2.